The Morgan fingerprint density at radius 2 is 2.19 bits per heavy atom. The SMILES string of the molecule is COCC(C)(C)c1cc2c(Cl)ncnc2s1. The van der Waals surface area contributed by atoms with Crippen LogP contribution in [-0.2, 0) is 10.2 Å². The van der Waals surface area contributed by atoms with Crippen molar-refractivity contribution in [3.05, 3.63) is 22.4 Å². The first kappa shape index (κ1) is 11.8. The van der Waals surface area contributed by atoms with E-state index in [0.29, 0.717) is 11.8 Å². The molecule has 3 nitrogen and oxygen atoms in total. The third-order valence-corrected chi connectivity index (χ3v) is 4.16. The molecule has 0 N–H and O–H groups in total. The Labute approximate surface area is 103 Å². The first-order valence-electron chi connectivity index (χ1n) is 4.94. The van der Waals surface area contributed by atoms with E-state index in [0.717, 1.165) is 10.2 Å². The highest BCUT2D eigenvalue weighted by Crippen LogP contribution is 2.35. The van der Waals surface area contributed by atoms with Gasteiger partial charge >= 0.3 is 0 Å². The second-order valence-electron chi connectivity index (χ2n) is 4.31. The Hall–Kier alpha value is -0.710. The fraction of sp³-hybridized carbons (Fsp3) is 0.455. The van der Waals surface area contributed by atoms with E-state index >= 15 is 0 Å². The van der Waals surface area contributed by atoms with Gasteiger partial charge in [0.05, 0.1) is 6.61 Å². The summed E-state index contributed by atoms with van der Waals surface area (Å²) in [7, 11) is 1.71. The molecule has 2 rings (SSSR count). The monoisotopic (exact) mass is 256 g/mol. The molecule has 0 aromatic carbocycles. The summed E-state index contributed by atoms with van der Waals surface area (Å²) in [6, 6.07) is 2.06. The normalized spacial score (nSPS) is 12.2. The third kappa shape index (κ3) is 2.05. The minimum atomic E-state index is -0.0244. The Balaban J connectivity index is 2.51. The first-order valence-corrected chi connectivity index (χ1v) is 6.13. The standard InChI is InChI=1S/C11H13ClN2OS/c1-11(2,5-15-3)8-4-7-9(12)13-6-14-10(7)16-8/h4,6H,5H2,1-3H3. The van der Waals surface area contributed by atoms with E-state index in [9.17, 15) is 0 Å². The zero-order valence-electron chi connectivity index (χ0n) is 9.45. The summed E-state index contributed by atoms with van der Waals surface area (Å²) in [4.78, 5) is 10.3. The highest BCUT2D eigenvalue weighted by Gasteiger charge is 2.23. The van der Waals surface area contributed by atoms with Gasteiger partial charge in [0.2, 0.25) is 0 Å². The lowest BCUT2D eigenvalue weighted by molar-refractivity contribution is 0.148. The fourth-order valence-electron chi connectivity index (χ4n) is 1.59. The van der Waals surface area contributed by atoms with Crippen LogP contribution in [0.5, 0.6) is 0 Å². The average molecular weight is 257 g/mol. The van der Waals surface area contributed by atoms with Gasteiger partial charge in [-0.05, 0) is 6.07 Å². The van der Waals surface area contributed by atoms with Gasteiger partial charge in [0, 0.05) is 22.8 Å². The molecular formula is C11H13ClN2OS. The minimum absolute atomic E-state index is 0.0244. The average Bonchev–Trinajstić information content (AvgIpc) is 2.63. The molecule has 0 aliphatic carbocycles. The van der Waals surface area contributed by atoms with Gasteiger partial charge in [-0.2, -0.15) is 0 Å². The maximum Gasteiger partial charge on any atom is 0.141 e. The maximum absolute atomic E-state index is 6.02. The number of methoxy groups -OCH3 is 1. The number of nitrogens with zero attached hydrogens (tertiary/aromatic N) is 2. The van der Waals surface area contributed by atoms with Crippen molar-refractivity contribution in [1.29, 1.82) is 0 Å². The van der Waals surface area contributed by atoms with Crippen molar-refractivity contribution in [3.8, 4) is 0 Å². The van der Waals surface area contributed by atoms with Crippen molar-refractivity contribution in [3.63, 3.8) is 0 Å². The van der Waals surface area contributed by atoms with Crippen LogP contribution in [0.3, 0.4) is 0 Å². The highest BCUT2D eigenvalue weighted by molar-refractivity contribution is 7.18. The predicted molar refractivity (Wildman–Crippen MR) is 67.3 cm³/mol. The van der Waals surface area contributed by atoms with Gasteiger partial charge in [-0.25, -0.2) is 9.97 Å². The van der Waals surface area contributed by atoms with Crippen LogP contribution >= 0.6 is 22.9 Å². The Morgan fingerprint density at radius 3 is 2.81 bits per heavy atom. The zero-order chi connectivity index (χ0) is 11.8. The van der Waals surface area contributed by atoms with Gasteiger partial charge in [-0.15, -0.1) is 11.3 Å². The van der Waals surface area contributed by atoms with E-state index in [1.165, 1.54) is 11.2 Å². The topological polar surface area (TPSA) is 35.0 Å². The Kier molecular flexibility index (Phi) is 3.15. The predicted octanol–water partition coefficient (Wildman–Crippen LogP) is 3.27. The number of rotatable bonds is 3. The number of halogens is 1. The lowest BCUT2D eigenvalue weighted by Crippen LogP contribution is -2.21. The molecule has 2 aromatic rings. The summed E-state index contributed by atoms with van der Waals surface area (Å²) in [5.74, 6) is 0. The van der Waals surface area contributed by atoms with Crippen LogP contribution < -0.4 is 0 Å². The molecule has 2 heterocycles. The number of aromatic nitrogens is 2. The summed E-state index contributed by atoms with van der Waals surface area (Å²) >= 11 is 7.66. The lowest BCUT2D eigenvalue weighted by atomic mass is 9.92. The van der Waals surface area contributed by atoms with Gasteiger partial charge in [0.15, 0.2) is 0 Å². The summed E-state index contributed by atoms with van der Waals surface area (Å²) in [5.41, 5.74) is -0.0244. The molecule has 5 heteroatoms. The zero-order valence-corrected chi connectivity index (χ0v) is 11.0. The van der Waals surface area contributed by atoms with Crippen molar-refractivity contribution in [2.45, 2.75) is 19.3 Å². The van der Waals surface area contributed by atoms with Crippen molar-refractivity contribution in [1.82, 2.24) is 9.97 Å². The van der Waals surface area contributed by atoms with Gasteiger partial charge in [0.25, 0.3) is 0 Å². The third-order valence-electron chi connectivity index (χ3n) is 2.45. The smallest absolute Gasteiger partial charge is 0.141 e. The lowest BCUT2D eigenvalue weighted by Gasteiger charge is -2.21. The highest BCUT2D eigenvalue weighted by atomic mass is 35.5. The number of thiophene rings is 1. The molecule has 0 radical (unpaired) electrons. The number of hydrogen-bond donors (Lipinski definition) is 0. The molecule has 0 spiro atoms. The molecule has 0 fully saturated rings. The van der Waals surface area contributed by atoms with Crippen LogP contribution in [0.1, 0.15) is 18.7 Å². The van der Waals surface area contributed by atoms with Crippen LogP contribution in [0.15, 0.2) is 12.4 Å². The molecule has 0 amide bonds. The summed E-state index contributed by atoms with van der Waals surface area (Å²) in [5, 5.41) is 1.44. The van der Waals surface area contributed by atoms with Crippen molar-refractivity contribution >= 4 is 33.2 Å². The maximum atomic E-state index is 6.02. The molecular weight excluding hydrogens is 244 g/mol. The summed E-state index contributed by atoms with van der Waals surface area (Å²) in [6.45, 7) is 4.95. The van der Waals surface area contributed by atoms with Crippen LogP contribution in [0.4, 0.5) is 0 Å². The summed E-state index contributed by atoms with van der Waals surface area (Å²) < 4.78 is 5.22. The molecule has 2 aromatic heterocycles. The van der Waals surface area contributed by atoms with Gasteiger partial charge < -0.3 is 4.74 Å². The molecule has 0 aliphatic rings. The minimum Gasteiger partial charge on any atom is -0.384 e. The van der Waals surface area contributed by atoms with E-state index in [4.69, 9.17) is 16.3 Å². The second kappa shape index (κ2) is 4.28. The molecule has 0 saturated heterocycles. The van der Waals surface area contributed by atoms with Crippen LogP contribution in [-0.4, -0.2) is 23.7 Å². The molecule has 0 saturated carbocycles. The van der Waals surface area contributed by atoms with Crippen LogP contribution in [0, 0.1) is 0 Å². The molecule has 16 heavy (non-hydrogen) atoms. The number of fused-ring (bicyclic) bond motifs is 1. The number of ether oxygens (including phenoxy) is 1. The van der Waals surface area contributed by atoms with Gasteiger partial charge in [0.1, 0.15) is 16.3 Å². The first-order chi connectivity index (χ1) is 7.54. The molecule has 0 bridgehead atoms. The van der Waals surface area contributed by atoms with Gasteiger partial charge in [-0.3, -0.25) is 0 Å². The van der Waals surface area contributed by atoms with Crippen LogP contribution in [0.25, 0.3) is 10.2 Å². The van der Waals surface area contributed by atoms with E-state index in [1.54, 1.807) is 18.4 Å². The van der Waals surface area contributed by atoms with Crippen molar-refractivity contribution in [2.24, 2.45) is 0 Å². The fourth-order valence-corrected chi connectivity index (χ4v) is 2.92. The molecule has 86 valence electrons. The Morgan fingerprint density at radius 1 is 1.44 bits per heavy atom. The van der Waals surface area contributed by atoms with Crippen molar-refractivity contribution in [2.75, 3.05) is 13.7 Å². The quantitative estimate of drug-likeness (QED) is 0.791. The Bertz CT molecular complexity index is 510. The van der Waals surface area contributed by atoms with E-state index < -0.39 is 0 Å². The summed E-state index contributed by atoms with van der Waals surface area (Å²) in [6.07, 6.45) is 1.49. The second-order valence-corrected chi connectivity index (χ2v) is 5.70. The van der Waals surface area contributed by atoms with Gasteiger partial charge in [-0.1, -0.05) is 25.4 Å². The largest absolute Gasteiger partial charge is 0.384 e. The van der Waals surface area contributed by atoms with Crippen LogP contribution in [0.2, 0.25) is 5.15 Å². The molecule has 0 unspecified atom stereocenters. The molecule has 0 aliphatic heterocycles. The van der Waals surface area contributed by atoms with E-state index in [1.807, 2.05) is 0 Å². The van der Waals surface area contributed by atoms with E-state index in [-0.39, 0.29) is 5.41 Å². The number of hydrogen-bond acceptors (Lipinski definition) is 4. The van der Waals surface area contributed by atoms with Crippen molar-refractivity contribution < 1.29 is 4.74 Å². The molecule has 0 atom stereocenters. The van der Waals surface area contributed by atoms with E-state index in [2.05, 4.69) is 29.9 Å².